The third kappa shape index (κ3) is 6.86. The summed E-state index contributed by atoms with van der Waals surface area (Å²) in [5, 5.41) is 2.78. The van der Waals surface area contributed by atoms with E-state index in [0.717, 1.165) is 10.6 Å². The molecule has 104 valence electrons. The predicted octanol–water partition coefficient (Wildman–Crippen LogP) is 2.24. The molecule has 0 bridgehead atoms. The van der Waals surface area contributed by atoms with Crippen molar-refractivity contribution in [2.75, 3.05) is 12.9 Å². The maximum absolute atomic E-state index is 11.6. The topological polar surface area (TPSA) is 55.4 Å². The molecule has 1 amide bonds. The number of methoxy groups -OCH3 is 1. The molecule has 0 spiro atoms. The fraction of sp³-hybridized carbons (Fsp3) is 0.429. The lowest BCUT2D eigenvalue weighted by Gasteiger charge is -2.12. The second-order valence-corrected chi connectivity index (χ2v) is 5.33. The van der Waals surface area contributed by atoms with Crippen molar-refractivity contribution < 1.29 is 14.3 Å². The number of hydrogen-bond donors (Lipinski definition) is 1. The molecule has 0 aliphatic rings. The first kappa shape index (κ1) is 15.6. The Labute approximate surface area is 117 Å². The van der Waals surface area contributed by atoms with Gasteiger partial charge in [-0.25, -0.2) is 0 Å². The first-order valence-electron chi connectivity index (χ1n) is 6.16. The molecule has 1 atom stereocenters. The van der Waals surface area contributed by atoms with Crippen molar-refractivity contribution in [1.29, 1.82) is 0 Å². The van der Waals surface area contributed by atoms with Crippen LogP contribution in [0.4, 0.5) is 0 Å². The van der Waals surface area contributed by atoms with E-state index in [-0.39, 0.29) is 24.3 Å². The lowest BCUT2D eigenvalue weighted by atomic mass is 10.2. The number of carbonyl (C=O) groups excluding carboxylic acids is 2. The molecule has 1 rings (SSSR count). The molecule has 0 radical (unpaired) electrons. The van der Waals surface area contributed by atoms with Crippen LogP contribution < -0.4 is 5.32 Å². The molecule has 1 N–H and O–H groups in total. The zero-order valence-electron chi connectivity index (χ0n) is 11.2. The summed E-state index contributed by atoms with van der Waals surface area (Å²) in [5.74, 6) is 0.368. The second-order valence-electron chi connectivity index (χ2n) is 4.16. The molecule has 0 aliphatic carbocycles. The fourth-order valence-corrected chi connectivity index (χ4v) is 2.38. The van der Waals surface area contributed by atoms with Crippen LogP contribution in [0.2, 0.25) is 0 Å². The van der Waals surface area contributed by atoms with Gasteiger partial charge in [0.05, 0.1) is 13.5 Å². The number of hydrogen-bond acceptors (Lipinski definition) is 4. The van der Waals surface area contributed by atoms with Gasteiger partial charge in [-0.1, -0.05) is 18.2 Å². The van der Waals surface area contributed by atoms with E-state index in [1.807, 2.05) is 30.3 Å². The van der Waals surface area contributed by atoms with Gasteiger partial charge in [0, 0.05) is 23.1 Å². The molecular formula is C14H19NO3S. The van der Waals surface area contributed by atoms with Crippen LogP contribution in [0.1, 0.15) is 19.8 Å². The number of benzene rings is 1. The number of nitrogens with one attached hydrogen (secondary N) is 1. The summed E-state index contributed by atoms with van der Waals surface area (Å²) < 4.78 is 4.55. The van der Waals surface area contributed by atoms with Crippen LogP contribution in [-0.4, -0.2) is 30.8 Å². The van der Waals surface area contributed by atoms with Crippen LogP contribution in [0.15, 0.2) is 35.2 Å². The quantitative estimate of drug-likeness (QED) is 0.615. The molecule has 0 fully saturated rings. The van der Waals surface area contributed by atoms with Crippen LogP contribution in [0.25, 0.3) is 0 Å². The number of rotatable bonds is 7. The molecule has 0 saturated heterocycles. The lowest BCUT2D eigenvalue weighted by molar-refractivity contribution is -0.141. The Morgan fingerprint density at radius 3 is 2.63 bits per heavy atom. The summed E-state index contributed by atoms with van der Waals surface area (Å²) in [7, 11) is 1.34. The summed E-state index contributed by atoms with van der Waals surface area (Å²) in [6.45, 7) is 1.79. The normalized spacial score (nSPS) is 11.7. The maximum atomic E-state index is 11.6. The first-order chi connectivity index (χ1) is 9.11. The molecule has 0 aliphatic heterocycles. The molecule has 0 aromatic heterocycles. The number of carbonyl (C=O) groups is 2. The number of esters is 1. The van der Waals surface area contributed by atoms with Crippen LogP contribution in [0, 0.1) is 0 Å². The molecule has 1 aromatic rings. The summed E-state index contributed by atoms with van der Waals surface area (Å²) in [5.41, 5.74) is 0. The van der Waals surface area contributed by atoms with E-state index in [1.54, 1.807) is 18.7 Å². The average molecular weight is 281 g/mol. The van der Waals surface area contributed by atoms with Gasteiger partial charge in [-0.3, -0.25) is 9.59 Å². The molecule has 0 heterocycles. The van der Waals surface area contributed by atoms with Crippen molar-refractivity contribution in [1.82, 2.24) is 5.32 Å². The molecule has 1 unspecified atom stereocenters. The van der Waals surface area contributed by atoms with Gasteiger partial charge >= 0.3 is 5.97 Å². The van der Waals surface area contributed by atoms with Gasteiger partial charge in [0.1, 0.15) is 0 Å². The van der Waals surface area contributed by atoms with E-state index in [0.29, 0.717) is 6.42 Å². The van der Waals surface area contributed by atoms with Crippen LogP contribution >= 0.6 is 11.8 Å². The highest BCUT2D eigenvalue weighted by molar-refractivity contribution is 7.99. The number of ether oxygens (including phenoxy) is 1. The van der Waals surface area contributed by atoms with E-state index in [1.165, 1.54) is 7.11 Å². The summed E-state index contributed by atoms with van der Waals surface area (Å²) >= 11 is 1.64. The molecular weight excluding hydrogens is 262 g/mol. The Morgan fingerprint density at radius 1 is 1.32 bits per heavy atom. The Morgan fingerprint density at radius 2 is 2.00 bits per heavy atom. The average Bonchev–Trinajstić information content (AvgIpc) is 2.39. The van der Waals surface area contributed by atoms with Gasteiger partial charge in [0.2, 0.25) is 5.91 Å². The molecule has 1 aromatic carbocycles. The van der Waals surface area contributed by atoms with Gasteiger partial charge in [0.15, 0.2) is 0 Å². The molecule has 4 nitrogen and oxygen atoms in total. The van der Waals surface area contributed by atoms with Gasteiger partial charge < -0.3 is 10.1 Å². The van der Waals surface area contributed by atoms with Gasteiger partial charge in [-0.05, 0) is 19.1 Å². The molecule has 0 saturated carbocycles. The van der Waals surface area contributed by atoms with Crippen LogP contribution in [-0.2, 0) is 14.3 Å². The van der Waals surface area contributed by atoms with Gasteiger partial charge in [0.25, 0.3) is 0 Å². The van der Waals surface area contributed by atoms with Gasteiger partial charge in [-0.15, -0.1) is 11.8 Å². The van der Waals surface area contributed by atoms with Gasteiger partial charge in [-0.2, -0.15) is 0 Å². The summed E-state index contributed by atoms with van der Waals surface area (Å²) in [4.78, 5) is 23.8. The third-order valence-electron chi connectivity index (χ3n) is 2.45. The summed E-state index contributed by atoms with van der Waals surface area (Å²) in [6, 6.07) is 9.75. The number of amides is 1. The predicted molar refractivity (Wildman–Crippen MR) is 76.0 cm³/mol. The summed E-state index contributed by atoms with van der Waals surface area (Å²) in [6.07, 6.45) is 0.638. The Hall–Kier alpha value is -1.49. The van der Waals surface area contributed by atoms with Crippen molar-refractivity contribution in [3.8, 4) is 0 Å². The minimum absolute atomic E-state index is 0.0418. The monoisotopic (exact) mass is 281 g/mol. The maximum Gasteiger partial charge on any atom is 0.307 e. The zero-order valence-corrected chi connectivity index (χ0v) is 12.0. The van der Waals surface area contributed by atoms with E-state index in [9.17, 15) is 9.59 Å². The zero-order chi connectivity index (χ0) is 14.1. The van der Waals surface area contributed by atoms with Crippen molar-refractivity contribution in [3.63, 3.8) is 0 Å². The van der Waals surface area contributed by atoms with Crippen molar-refractivity contribution >= 4 is 23.6 Å². The Balaban J connectivity index is 2.19. The Kier molecular flexibility index (Phi) is 7.03. The smallest absolute Gasteiger partial charge is 0.307 e. The SMILES string of the molecule is COC(=O)CC(C)NC(=O)CCSc1ccccc1. The minimum Gasteiger partial charge on any atom is -0.469 e. The highest BCUT2D eigenvalue weighted by Crippen LogP contribution is 2.17. The minimum atomic E-state index is -0.313. The van der Waals surface area contributed by atoms with E-state index >= 15 is 0 Å². The van der Waals surface area contributed by atoms with E-state index in [4.69, 9.17) is 0 Å². The lowest BCUT2D eigenvalue weighted by Crippen LogP contribution is -2.34. The standard InChI is InChI=1S/C14H19NO3S/c1-11(10-14(17)18-2)15-13(16)8-9-19-12-6-4-3-5-7-12/h3-7,11H,8-10H2,1-2H3,(H,15,16). The highest BCUT2D eigenvalue weighted by atomic mass is 32.2. The fourth-order valence-electron chi connectivity index (χ4n) is 1.51. The van der Waals surface area contributed by atoms with Crippen LogP contribution in [0.3, 0.4) is 0 Å². The third-order valence-corrected chi connectivity index (χ3v) is 3.46. The highest BCUT2D eigenvalue weighted by Gasteiger charge is 2.11. The Bertz CT molecular complexity index is 408. The van der Waals surface area contributed by atoms with Crippen molar-refractivity contribution in [2.24, 2.45) is 0 Å². The van der Waals surface area contributed by atoms with Crippen LogP contribution in [0.5, 0.6) is 0 Å². The molecule has 19 heavy (non-hydrogen) atoms. The number of thioether (sulfide) groups is 1. The second kappa shape index (κ2) is 8.58. The van der Waals surface area contributed by atoms with Crippen molar-refractivity contribution in [3.05, 3.63) is 30.3 Å². The first-order valence-corrected chi connectivity index (χ1v) is 7.14. The molecule has 5 heteroatoms. The van der Waals surface area contributed by atoms with E-state index in [2.05, 4.69) is 10.1 Å². The largest absolute Gasteiger partial charge is 0.469 e. The van der Waals surface area contributed by atoms with Crippen molar-refractivity contribution in [2.45, 2.75) is 30.7 Å². The van der Waals surface area contributed by atoms with E-state index < -0.39 is 0 Å².